The van der Waals surface area contributed by atoms with Gasteiger partial charge >= 0.3 is 0 Å². The Kier molecular flexibility index (Phi) is 3.03. The third kappa shape index (κ3) is 2.32. The predicted octanol–water partition coefficient (Wildman–Crippen LogP) is 2.76. The van der Waals surface area contributed by atoms with E-state index in [-0.39, 0.29) is 5.41 Å². The van der Waals surface area contributed by atoms with Crippen molar-refractivity contribution in [1.82, 2.24) is 9.78 Å². The Labute approximate surface area is 107 Å². The summed E-state index contributed by atoms with van der Waals surface area (Å²) < 4.78 is 6.93. The number of anilines is 1. The van der Waals surface area contributed by atoms with Crippen LogP contribution in [0.5, 0.6) is 5.75 Å². The maximum Gasteiger partial charge on any atom is 0.119 e. The number of hydrogen-bond acceptors (Lipinski definition) is 3. The normalized spacial score (nSPS) is 11.6. The topological polar surface area (TPSA) is 53.1 Å². The zero-order chi connectivity index (χ0) is 13.3. The highest BCUT2D eigenvalue weighted by Crippen LogP contribution is 2.27. The molecule has 0 saturated carbocycles. The van der Waals surface area contributed by atoms with E-state index in [1.54, 1.807) is 11.8 Å². The van der Waals surface area contributed by atoms with Crippen molar-refractivity contribution in [1.29, 1.82) is 0 Å². The van der Waals surface area contributed by atoms with Gasteiger partial charge < -0.3 is 10.5 Å². The molecular weight excluding hydrogens is 226 g/mol. The first-order valence-electron chi connectivity index (χ1n) is 5.92. The lowest BCUT2D eigenvalue weighted by Gasteiger charge is -2.15. The largest absolute Gasteiger partial charge is 0.497 e. The van der Waals surface area contributed by atoms with Crippen molar-refractivity contribution in [2.24, 2.45) is 0 Å². The molecule has 0 unspecified atom stereocenters. The summed E-state index contributed by atoms with van der Waals surface area (Å²) in [6.45, 7) is 6.30. The van der Waals surface area contributed by atoms with E-state index in [9.17, 15) is 0 Å². The summed E-state index contributed by atoms with van der Waals surface area (Å²) in [5.74, 6) is 0.829. The molecule has 0 radical (unpaired) electrons. The van der Waals surface area contributed by atoms with Crippen molar-refractivity contribution in [3.63, 3.8) is 0 Å². The minimum Gasteiger partial charge on any atom is -0.497 e. The highest BCUT2D eigenvalue weighted by molar-refractivity contribution is 5.48. The lowest BCUT2D eigenvalue weighted by atomic mass is 9.92. The first kappa shape index (κ1) is 12.5. The van der Waals surface area contributed by atoms with Gasteiger partial charge in [-0.2, -0.15) is 5.10 Å². The van der Waals surface area contributed by atoms with Crippen molar-refractivity contribution < 1.29 is 4.74 Å². The van der Waals surface area contributed by atoms with Gasteiger partial charge in [0.2, 0.25) is 0 Å². The van der Waals surface area contributed by atoms with Gasteiger partial charge in [0.1, 0.15) is 5.75 Å². The highest BCUT2D eigenvalue weighted by Gasteiger charge is 2.21. The number of aromatic nitrogens is 2. The Bertz CT molecular complexity index is 535. The first-order valence-corrected chi connectivity index (χ1v) is 5.92. The van der Waals surface area contributed by atoms with Gasteiger partial charge in [0.15, 0.2) is 0 Å². The van der Waals surface area contributed by atoms with E-state index in [1.807, 2.05) is 30.5 Å². The molecule has 0 aliphatic rings. The Hall–Kier alpha value is -1.97. The van der Waals surface area contributed by atoms with E-state index in [2.05, 4.69) is 25.9 Å². The summed E-state index contributed by atoms with van der Waals surface area (Å²) in [4.78, 5) is 0. The number of benzene rings is 1. The zero-order valence-corrected chi connectivity index (χ0v) is 11.3. The lowest BCUT2D eigenvalue weighted by Crippen LogP contribution is -2.14. The second-order valence-corrected chi connectivity index (χ2v) is 5.33. The number of rotatable bonds is 2. The van der Waals surface area contributed by atoms with Gasteiger partial charge in [0, 0.05) is 5.41 Å². The van der Waals surface area contributed by atoms with E-state index in [0.717, 1.165) is 22.8 Å². The summed E-state index contributed by atoms with van der Waals surface area (Å²) in [7, 11) is 1.65. The smallest absolute Gasteiger partial charge is 0.119 e. The zero-order valence-electron chi connectivity index (χ0n) is 11.3. The molecule has 0 aliphatic heterocycles. The quantitative estimate of drug-likeness (QED) is 0.885. The molecule has 0 amide bonds. The van der Waals surface area contributed by atoms with E-state index < -0.39 is 0 Å². The van der Waals surface area contributed by atoms with Crippen LogP contribution in [0.2, 0.25) is 0 Å². The molecule has 0 atom stereocenters. The second-order valence-electron chi connectivity index (χ2n) is 5.33. The Morgan fingerprint density at radius 1 is 1.17 bits per heavy atom. The molecule has 0 spiro atoms. The molecule has 0 bridgehead atoms. The Morgan fingerprint density at radius 3 is 2.22 bits per heavy atom. The van der Waals surface area contributed by atoms with Crippen LogP contribution in [0.25, 0.3) is 5.69 Å². The molecule has 2 N–H and O–H groups in total. The molecule has 2 rings (SSSR count). The average Bonchev–Trinajstić information content (AvgIpc) is 2.71. The van der Waals surface area contributed by atoms with Gasteiger partial charge in [-0.25, -0.2) is 4.68 Å². The number of nitrogens with two attached hydrogens (primary N) is 1. The maximum absolute atomic E-state index is 6.01. The van der Waals surface area contributed by atoms with Crippen molar-refractivity contribution in [2.75, 3.05) is 12.8 Å². The molecule has 0 saturated heterocycles. The molecule has 0 aliphatic carbocycles. The molecule has 18 heavy (non-hydrogen) atoms. The molecule has 1 aromatic carbocycles. The van der Waals surface area contributed by atoms with Crippen molar-refractivity contribution in [2.45, 2.75) is 26.2 Å². The molecule has 4 heteroatoms. The van der Waals surface area contributed by atoms with Gasteiger partial charge in [-0.3, -0.25) is 0 Å². The monoisotopic (exact) mass is 245 g/mol. The molecule has 2 aromatic rings. The van der Waals surface area contributed by atoms with Crippen LogP contribution < -0.4 is 10.5 Å². The number of ether oxygens (including phenoxy) is 1. The minimum absolute atomic E-state index is 0.0538. The van der Waals surface area contributed by atoms with Crippen LogP contribution in [-0.2, 0) is 5.41 Å². The number of nitrogen functional groups attached to an aromatic ring is 1. The fourth-order valence-electron chi connectivity index (χ4n) is 1.84. The van der Waals surface area contributed by atoms with E-state index in [0.29, 0.717) is 0 Å². The van der Waals surface area contributed by atoms with Gasteiger partial charge in [-0.15, -0.1) is 0 Å². The summed E-state index contributed by atoms with van der Waals surface area (Å²) in [6.07, 6.45) is 1.85. The Balaban J connectivity index is 2.39. The second kappa shape index (κ2) is 4.37. The fraction of sp³-hybridized carbons (Fsp3) is 0.357. The summed E-state index contributed by atoms with van der Waals surface area (Å²) >= 11 is 0. The van der Waals surface area contributed by atoms with Crippen LogP contribution in [0.1, 0.15) is 26.5 Å². The molecule has 96 valence electrons. The summed E-state index contributed by atoms with van der Waals surface area (Å²) in [6, 6.07) is 7.73. The van der Waals surface area contributed by atoms with Crippen LogP contribution in [-0.4, -0.2) is 16.9 Å². The number of hydrogen-bond donors (Lipinski definition) is 1. The van der Waals surface area contributed by atoms with Crippen LogP contribution in [0.4, 0.5) is 5.69 Å². The minimum atomic E-state index is -0.0538. The van der Waals surface area contributed by atoms with Crippen molar-refractivity contribution in [3.8, 4) is 11.4 Å². The van der Waals surface area contributed by atoms with Gasteiger partial charge in [-0.05, 0) is 24.3 Å². The molecule has 0 fully saturated rings. The number of methoxy groups -OCH3 is 1. The third-order valence-electron chi connectivity index (χ3n) is 2.79. The molecule has 4 nitrogen and oxygen atoms in total. The summed E-state index contributed by atoms with van der Waals surface area (Å²) in [5, 5.41) is 4.56. The van der Waals surface area contributed by atoms with Crippen LogP contribution in [0, 0.1) is 0 Å². The highest BCUT2D eigenvalue weighted by atomic mass is 16.5. The fourth-order valence-corrected chi connectivity index (χ4v) is 1.84. The third-order valence-corrected chi connectivity index (χ3v) is 2.79. The standard InChI is InChI=1S/C14H19N3O/c1-14(2,3)13-12(15)9-17(16-13)10-5-7-11(18-4)8-6-10/h5-9H,15H2,1-4H3. The summed E-state index contributed by atoms with van der Waals surface area (Å²) in [5.41, 5.74) is 8.57. The van der Waals surface area contributed by atoms with Crippen molar-refractivity contribution in [3.05, 3.63) is 36.2 Å². The predicted molar refractivity (Wildman–Crippen MR) is 73.2 cm³/mol. The van der Waals surface area contributed by atoms with E-state index in [1.165, 1.54) is 0 Å². The Morgan fingerprint density at radius 2 is 1.78 bits per heavy atom. The van der Waals surface area contributed by atoms with Crippen LogP contribution in [0.3, 0.4) is 0 Å². The SMILES string of the molecule is COc1ccc(-n2cc(N)c(C(C)(C)C)n2)cc1. The van der Waals surface area contributed by atoms with Crippen molar-refractivity contribution >= 4 is 5.69 Å². The lowest BCUT2D eigenvalue weighted by molar-refractivity contribution is 0.414. The maximum atomic E-state index is 6.01. The molecular formula is C14H19N3O. The number of nitrogens with zero attached hydrogens (tertiary/aromatic N) is 2. The first-order chi connectivity index (χ1) is 8.41. The van der Waals surface area contributed by atoms with Crippen LogP contribution >= 0.6 is 0 Å². The van der Waals surface area contributed by atoms with E-state index in [4.69, 9.17) is 10.5 Å². The van der Waals surface area contributed by atoms with Gasteiger partial charge in [-0.1, -0.05) is 20.8 Å². The van der Waals surface area contributed by atoms with Gasteiger partial charge in [0.05, 0.1) is 30.4 Å². The van der Waals surface area contributed by atoms with E-state index >= 15 is 0 Å². The van der Waals surface area contributed by atoms with Gasteiger partial charge in [0.25, 0.3) is 0 Å². The van der Waals surface area contributed by atoms with Crippen LogP contribution in [0.15, 0.2) is 30.5 Å². The molecule has 1 heterocycles. The average molecular weight is 245 g/mol. The molecule has 1 aromatic heterocycles.